The van der Waals surface area contributed by atoms with E-state index in [0.717, 1.165) is 12.1 Å². The first-order valence-electron chi connectivity index (χ1n) is 8.91. The molecular weight excluding hydrogens is 440 g/mol. The molecule has 0 radical (unpaired) electrons. The highest BCUT2D eigenvalue weighted by molar-refractivity contribution is 6.33. The minimum Gasteiger partial charge on any atom is -0.350 e. The molecule has 0 saturated heterocycles. The fraction of sp³-hybridized carbons (Fsp3) is 0.150. The highest BCUT2D eigenvalue weighted by atomic mass is 35.5. The lowest BCUT2D eigenvalue weighted by atomic mass is 10.2. The van der Waals surface area contributed by atoms with Crippen LogP contribution in [0.2, 0.25) is 5.02 Å². The second-order valence-corrected chi connectivity index (χ2v) is 6.67. The molecule has 1 aromatic heterocycles. The van der Waals surface area contributed by atoms with Gasteiger partial charge >= 0.3 is 6.18 Å². The number of carbonyl (C=O) groups is 2. The Morgan fingerprint density at radius 3 is 2.13 bits per heavy atom. The molecule has 3 rings (SSSR count). The number of alkyl halides is 3. The van der Waals surface area contributed by atoms with E-state index in [2.05, 4.69) is 15.7 Å². The summed E-state index contributed by atoms with van der Waals surface area (Å²) < 4.78 is 55.1. The Hall–Kier alpha value is -3.40. The lowest BCUT2D eigenvalue weighted by Gasteiger charge is -2.13. The van der Waals surface area contributed by atoms with Gasteiger partial charge in [-0.05, 0) is 24.3 Å². The van der Waals surface area contributed by atoms with Crippen molar-refractivity contribution in [1.82, 2.24) is 20.4 Å². The maximum absolute atomic E-state index is 14.0. The molecule has 0 fully saturated rings. The van der Waals surface area contributed by atoms with Crippen LogP contribution < -0.4 is 10.6 Å². The van der Waals surface area contributed by atoms with Crippen molar-refractivity contribution in [2.45, 2.75) is 6.18 Å². The van der Waals surface area contributed by atoms with E-state index in [1.54, 1.807) is 12.1 Å². The largest absolute Gasteiger partial charge is 0.434 e. The standard InChI is InChI=1S/C20H15ClF4N4O2/c21-14-6-2-1-5-12(14)18(30)26-9-10-27-19(31)13-11-28-29(17(13)20(23,24)25)16-8-4-3-7-15(16)22/h1-8,11H,9-10H2,(H,26,30)(H,27,31). The normalized spacial score (nSPS) is 11.3. The van der Waals surface area contributed by atoms with Crippen molar-refractivity contribution in [1.29, 1.82) is 0 Å². The number of benzene rings is 2. The number of hydrogen-bond donors (Lipinski definition) is 2. The Kier molecular flexibility index (Phi) is 6.59. The Bertz CT molecular complexity index is 1110. The molecule has 0 spiro atoms. The van der Waals surface area contributed by atoms with E-state index >= 15 is 0 Å². The number of nitrogens with zero attached hydrogens (tertiary/aromatic N) is 2. The smallest absolute Gasteiger partial charge is 0.350 e. The zero-order valence-corrected chi connectivity index (χ0v) is 16.5. The lowest BCUT2D eigenvalue weighted by Crippen LogP contribution is -2.35. The maximum atomic E-state index is 14.0. The molecule has 2 amide bonds. The molecule has 6 nitrogen and oxygen atoms in total. The van der Waals surface area contributed by atoms with Crippen LogP contribution in [0.5, 0.6) is 0 Å². The molecule has 11 heteroatoms. The van der Waals surface area contributed by atoms with Crippen LogP contribution in [0.15, 0.2) is 54.7 Å². The van der Waals surface area contributed by atoms with Crippen molar-refractivity contribution < 1.29 is 27.2 Å². The Labute approximate surface area is 178 Å². The Balaban J connectivity index is 1.70. The number of halogens is 5. The molecule has 0 saturated carbocycles. The number of aromatic nitrogens is 2. The molecule has 0 bridgehead atoms. The fourth-order valence-electron chi connectivity index (χ4n) is 2.78. The molecule has 0 atom stereocenters. The zero-order chi connectivity index (χ0) is 22.6. The number of nitrogens with one attached hydrogen (secondary N) is 2. The van der Waals surface area contributed by atoms with Gasteiger partial charge in [0.1, 0.15) is 11.5 Å². The van der Waals surface area contributed by atoms with Crippen molar-refractivity contribution in [3.05, 3.63) is 82.4 Å². The summed E-state index contributed by atoms with van der Waals surface area (Å²) in [5.41, 5.74) is -2.40. The second kappa shape index (κ2) is 9.17. The van der Waals surface area contributed by atoms with Gasteiger partial charge in [0.2, 0.25) is 0 Å². The predicted molar refractivity (Wildman–Crippen MR) is 105 cm³/mol. The molecule has 0 unspecified atom stereocenters. The molecule has 2 N–H and O–H groups in total. The summed E-state index contributed by atoms with van der Waals surface area (Å²) in [6, 6.07) is 11.1. The minimum atomic E-state index is -4.97. The van der Waals surface area contributed by atoms with E-state index in [9.17, 15) is 27.2 Å². The molecule has 3 aromatic rings. The van der Waals surface area contributed by atoms with Crippen molar-refractivity contribution in [2.24, 2.45) is 0 Å². The van der Waals surface area contributed by atoms with Gasteiger partial charge in [-0.25, -0.2) is 9.07 Å². The predicted octanol–water partition coefficient (Wildman–Crippen LogP) is 3.84. The number of rotatable bonds is 6. The molecule has 0 aliphatic rings. The highest BCUT2D eigenvalue weighted by Gasteiger charge is 2.40. The zero-order valence-electron chi connectivity index (χ0n) is 15.7. The van der Waals surface area contributed by atoms with Crippen molar-refractivity contribution in [3.8, 4) is 5.69 Å². The summed E-state index contributed by atoms with van der Waals surface area (Å²) in [6.45, 7) is -0.213. The maximum Gasteiger partial charge on any atom is 0.434 e. The molecule has 1 heterocycles. The molecule has 162 valence electrons. The minimum absolute atomic E-state index is 0.0569. The average molecular weight is 455 g/mol. The second-order valence-electron chi connectivity index (χ2n) is 6.26. The Morgan fingerprint density at radius 2 is 1.52 bits per heavy atom. The van der Waals surface area contributed by atoms with Gasteiger partial charge in [-0.3, -0.25) is 9.59 Å². The van der Waals surface area contributed by atoms with E-state index in [-0.39, 0.29) is 23.7 Å². The van der Waals surface area contributed by atoms with Crippen molar-refractivity contribution in [3.63, 3.8) is 0 Å². The summed E-state index contributed by atoms with van der Waals surface area (Å²) in [4.78, 5) is 24.4. The molecule has 2 aromatic carbocycles. The van der Waals surface area contributed by atoms with Crippen molar-refractivity contribution >= 4 is 23.4 Å². The van der Waals surface area contributed by atoms with Crippen molar-refractivity contribution in [2.75, 3.05) is 13.1 Å². The van der Waals surface area contributed by atoms with Gasteiger partial charge in [-0.15, -0.1) is 0 Å². The third-order valence-corrected chi connectivity index (χ3v) is 4.51. The van der Waals surface area contributed by atoms with E-state index in [1.165, 1.54) is 24.3 Å². The van der Waals surface area contributed by atoms with E-state index < -0.39 is 40.8 Å². The summed E-state index contributed by atoms with van der Waals surface area (Å²) in [7, 11) is 0. The summed E-state index contributed by atoms with van der Waals surface area (Å²) in [6.07, 6.45) is -4.25. The van der Waals surface area contributed by atoms with Gasteiger partial charge in [0.05, 0.1) is 22.3 Å². The van der Waals surface area contributed by atoms with Crippen LogP contribution in [-0.4, -0.2) is 34.7 Å². The van der Waals surface area contributed by atoms with Crippen LogP contribution in [0, 0.1) is 5.82 Å². The van der Waals surface area contributed by atoms with Gasteiger partial charge in [-0.1, -0.05) is 35.9 Å². The van der Waals surface area contributed by atoms with Crippen LogP contribution in [0.25, 0.3) is 5.69 Å². The quantitative estimate of drug-likeness (QED) is 0.439. The van der Waals surface area contributed by atoms with E-state index in [4.69, 9.17) is 11.6 Å². The van der Waals surface area contributed by atoms with Gasteiger partial charge in [0.25, 0.3) is 11.8 Å². The Morgan fingerprint density at radius 1 is 0.935 bits per heavy atom. The SMILES string of the molecule is O=C(NCCNC(=O)c1cnn(-c2ccccc2F)c1C(F)(F)F)c1ccccc1Cl. The number of para-hydroxylation sites is 1. The molecule has 0 aliphatic carbocycles. The van der Waals surface area contributed by atoms with Crippen LogP contribution >= 0.6 is 11.6 Å². The van der Waals surface area contributed by atoms with Gasteiger partial charge in [0, 0.05) is 13.1 Å². The first-order valence-corrected chi connectivity index (χ1v) is 9.29. The van der Waals surface area contributed by atoms with Crippen LogP contribution in [-0.2, 0) is 6.18 Å². The first kappa shape index (κ1) is 22.3. The fourth-order valence-corrected chi connectivity index (χ4v) is 3.00. The average Bonchev–Trinajstić information content (AvgIpc) is 3.17. The number of carbonyl (C=O) groups excluding carboxylic acids is 2. The third kappa shape index (κ3) is 5.02. The summed E-state index contributed by atoms with van der Waals surface area (Å²) in [5, 5.41) is 8.57. The van der Waals surface area contributed by atoms with Crippen LogP contribution in [0.3, 0.4) is 0 Å². The van der Waals surface area contributed by atoms with Crippen LogP contribution in [0.1, 0.15) is 26.4 Å². The summed E-state index contributed by atoms with van der Waals surface area (Å²) >= 11 is 5.91. The monoisotopic (exact) mass is 454 g/mol. The van der Waals surface area contributed by atoms with Gasteiger partial charge in [0.15, 0.2) is 5.69 Å². The topological polar surface area (TPSA) is 76.0 Å². The van der Waals surface area contributed by atoms with Crippen LogP contribution in [0.4, 0.5) is 17.6 Å². The van der Waals surface area contributed by atoms with E-state index in [0.29, 0.717) is 10.9 Å². The third-order valence-electron chi connectivity index (χ3n) is 4.18. The highest BCUT2D eigenvalue weighted by Crippen LogP contribution is 2.34. The number of amides is 2. The van der Waals surface area contributed by atoms with Gasteiger partial charge in [-0.2, -0.15) is 18.3 Å². The van der Waals surface area contributed by atoms with E-state index in [1.807, 2.05) is 0 Å². The number of hydrogen-bond acceptors (Lipinski definition) is 3. The molecule has 0 aliphatic heterocycles. The first-order chi connectivity index (χ1) is 14.7. The summed E-state index contributed by atoms with van der Waals surface area (Å²) in [5.74, 6) is -2.49. The molecular formula is C20H15ClF4N4O2. The molecule has 31 heavy (non-hydrogen) atoms. The van der Waals surface area contributed by atoms with Gasteiger partial charge < -0.3 is 10.6 Å². The lowest BCUT2D eigenvalue weighted by molar-refractivity contribution is -0.143.